The van der Waals surface area contributed by atoms with Crippen LogP contribution in [0, 0.1) is 11.8 Å². The van der Waals surface area contributed by atoms with Gasteiger partial charge in [0.1, 0.15) is 17.6 Å². The van der Waals surface area contributed by atoms with Crippen LogP contribution in [0.25, 0.3) is 0 Å². The summed E-state index contributed by atoms with van der Waals surface area (Å²) in [4.78, 5) is 25.2. The number of hydrogen-bond donors (Lipinski definition) is 4. The maximum Gasteiger partial charge on any atom is 0.432 e. The Kier molecular flexibility index (Phi) is 7.26. The third-order valence-corrected chi connectivity index (χ3v) is 5.24. The second-order valence-electron chi connectivity index (χ2n) is 7.20. The van der Waals surface area contributed by atoms with E-state index in [1.165, 1.54) is 19.9 Å². The van der Waals surface area contributed by atoms with Crippen LogP contribution in [0.4, 0.5) is 26.3 Å². The molecule has 1 aliphatic rings. The van der Waals surface area contributed by atoms with Gasteiger partial charge in [0.05, 0.1) is 13.2 Å². The Morgan fingerprint density at radius 1 is 0.909 bits per heavy atom. The van der Waals surface area contributed by atoms with E-state index >= 15 is 0 Å². The molecule has 1 unspecified atom stereocenters. The Morgan fingerprint density at radius 3 is 1.64 bits per heavy atom. The number of phenols is 1. The van der Waals surface area contributed by atoms with E-state index in [2.05, 4.69) is 9.47 Å². The molecule has 1 aromatic carbocycles. The van der Waals surface area contributed by atoms with Gasteiger partial charge in [0.15, 0.2) is 0 Å². The highest BCUT2D eigenvalue weighted by atomic mass is 19.4. The maximum absolute atomic E-state index is 14.0. The number of rotatable bonds is 5. The Morgan fingerprint density at radius 2 is 1.30 bits per heavy atom. The molecule has 0 bridgehead atoms. The molecule has 2 rings (SSSR count). The Balaban J connectivity index is 3.00. The Hall–Kier alpha value is -2.58. The molecular weight excluding hydrogens is 468 g/mol. The number of aliphatic hydroxyl groups is 2. The Labute approximate surface area is 183 Å². The standard InChI is InChI=1S/C19H21F6NO7/c1-3-32-14(28)12-11(9-7-5-6-8-10(9)27)13(15(29)33-4-2)17(31,19(23,24)25)26-16(12,30)18(20,21)22/h5-8,11-13,26-27,30-31H,3-4H2,1-2H3/t11?,12-,13+,16-,17-/m0/s1. The van der Waals surface area contributed by atoms with Crippen molar-refractivity contribution in [3.63, 3.8) is 0 Å². The van der Waals surface area contributed by atoms with Crippen molar-refractivity contribution < 1.29 is 60.7 Å². The number of para-hydroxylation sites is 1. The van der Waals surface area contributed by atoms with Gasteiger partial charge in [-0.2, -0.15) is 26.3 Å². The van der Waals surface area contributed by atoms with Crippen molar-refractivity contribution in [1.29, 1.82) is 0 Å². The first-order valence-corrected chi connectivity index (χ1v) is 9.55. The zero-order valence-corrected chi connectivity index (χ0v) is 17.2. The van der Waals surface area contributed by atoms with Crippen LogP contribution < -0.4 is 5.32 Å². The normalized spacial score (nSPS) is 30.5. The molecule has 0 saturated carbocycles. The van der Waals surface area contributed by atoms with E-state index in [-0.39, 0.29) is 0 Å². The van der Waals surface area contributed by atoms with Gasteiger partial charge in [-0.05, 0) is 25.5 Å². The quantitative estimate of drug-likeness (QED) is 0.366. The summed E-state index contributed by atoms with van der Waals surface area (Å²) >= 11 is 0. The number of carbonyl (C=O) groups is 2. The highest BCUT2D eigenvalue weighted by molar-refractivity contribution is 5.82. The first-order valence-electron chi connectivity index (χ1n) is 9.55. The molecule has 186 valence electrons. The minimum atomic E-state index is -5.99. The lowest BCUT2D eigenvalue weighted by atomic mass is 9.64. The van der Waals surface area contributed by atoms with Crippen LogP contribution >= 0.6 is 0 Å². The lowest BCUT2D eigenvalue weighted by molar-refractivity contribution is -0.376. The lowest BCUT2D eigenvalue weighted by Gasteiger charge is -2.54. The van der Waals surface area contributed by atoms with E-state index in [0.29, 0.717) is 5.32 Å². The highest BCUT2D eigenvalue weighted by Gasteiger charge is 2.78. The molecule has 14 heteroatoms. The first-order chi connectivity index (χ1) is 15.1. The summed E-state index contributed by atoms with van der Waals surface area (Å²) in [5.74, 6) is -13.1. The summed E-state index contributed by atoms with van der Waals surface area (Å²) in [6.07, 6.45) is -12.0. The summed E-state index contributed by atoms with van der Waals surface area (Å²) in [6, 6.07) is 3.99. The van der Waals surface area contributed by atoms with Crippen molar-refractivity contribution in [2.45, 2.75) is 43.6 Å². The number of carbonyl (C=O) groups excluding carboxylic acids is 2. The minimum absolute atomic E-state index is 0.537. The van der Waals surface area contributed by atoms with Gasteiger partial charge in [0.25, 0.3) is 0 Å². The van der Waals surface area contributed by atoms with Gasteiger partial charge < -0.3 is 24.8 Å². The molecule has 4 N–H and O–H groups in total. The van der Waals surface area contributed by atoms with Crippen molar-refractivity contribution in [3.05, 3.63) is 29.8 Å². The summed E-state index contributed by atoms with van der Waals surface area (Å²) in [6.45, 7) is 1.30. The molecule has 8 nitrogen and oxygen atoms in total. The molecule has 0 amide bonds. The smallest absolute Gasteiger partial charge is 0.432 e. The van der Waals surface area contributed by atoms with Crippen molar-refractivity contribution in [3.8, 4) is 5.75 Å². The fraction of sp³-hybridized carbons (Fsp3) is 0.579. The van der Waals surface area contributed by atoms with Crippen molar-refractivity contribution in [2.24, 2.45) is 11.8 Å². The second kappa shape index (κ2) is 8.99. The fourth-order valence-corrected chi connectivity index (χ4v) is 3.88. The monoisotopic (exact) mass is 489 g/mol. The molecule has 1 heterocycles. The molecule has 0 radical (unpaired) electrons. The van der Waals surface area contributed by atoms with Gasteiger partial charge >= 0.3 is 24.3 Å². The number of esters is 2. The summed E-state index contributed by atoms with van der Waals surface area (Å²) in [5.41, 5.74) is -10.2. The number of halogens is 6. The van der Waals surface area contributed by atoms with Crippen LogP contribution in [0.1, 0.15) is 25.3 Å². The third kappa shape index (κ3) is 4.46. The fourth-order valence-electron chi connectivity index (χ4n) is 3.88. The maximum atomic E-state index is 14.0. The van der Waals surface area contributed by atoms with Crippen LogP contribution in [-0.4, -0.2) is 64.3 Å². The number of aromatic hydroxyl groups is 1. The van der Waals surface area contributed by atoms with Gasteiger partial charge in [-0.25, -0.2) is 5.32 Å². The van der Waals surface area contributed by atoms with E-state index in [4.69, 9.17) is 0 Å². The van der Waals surface area contributed by atoms with Crippen molar-refractivity contribution in [2.75, 3.05) is 13.2 Å². The Bertz CT molecular complexity index is 844. The largest absolute Gasteiger partial charge is 0.508 e. The number of piperidine rings is 1. The summed E-state index contributed by atoms with van der Waals surface area (Å²) in [7, 11) is 0. The van der Waals surface area contributed by atoms with Gasteiger partial charge in [0, 0.05) is 5.92 Å². The molecule has 1 fully saturated rings. The summed E-state index contributed by atoms with van der Waals surface area (Å²) in [5, 5.41) is 31.8. The van der Waals surface area contributed by atoms with Gasteiger partial charge in [-0.3, -0.25) is 9.59 Å². The molecule has 5 atom stereocenters. The molecule has 0 aromatic heterocycles. The van der Waals surface area contributed by atoms with E-state index in [1.54, 1.807) is 0 Å². The predicted molar refractivity (Wildman–Crippen MR) is 96.2 cm³/mol. The molecule has 1 aromatic rings. The number of hydrogen-bond acceptors (Lipinski definition) is 8. The van der Waals surface area contributed by atoms with E-state index < -0.39 is 78.0 Å². The second-order valence-corrected chi connectivity index (χ2v) is 7.20. The topological polar surface area (TPSA) is 125 Å². The molecule has 1 aliphatic heterocycles. The average Bonchev–Trinajstić information content (AvgIpc) is 2.66. The zero-order chi connectivity index (χ0) is 25.4. The highest BCUT2D eigenvalue weighted by Crippen LogP contribution is 2.56. The molecule has 1 saturated heterocycles. The van der Waals surface area contributed by atoms with Crippen LogP contribution in [0.3, 0.4) is 0 Å². The van der Waals surface area contributed by atoms with Gasteiger partial charge in [-0.15, -0.1) is 0 Å². The zero-order valence-electron chi connectivity index (χ0n) is 17.2. The molecule has 0 aliphatic carbocycles. The number of benzene rings is 1. The lowest BCUT2D eigenvalue weighted by Crippen LogP contribution is -2.81. The molecular formula is C19H21F6NO7. The SMILES string of the molecule is CCOC(=O)[C@@H]1C(c2ccccc2O)[C@H](C(=O)OCC)[C@](O)(C(F)(F)F)N[C@@]1(O)C(F)(F)F. The molecule has 33 heavy (non-hydrogen) atoms. The van der Waals surface area contributed by atoms with Crippen LogP contribution in [0.15, 0.2) is 24.3 Å². The van der Waals surface area contributed by atoms with E-state index in [0.717, 1.165) is 18.2 Å². The van der Waals surface area contributed by atoms with Crippen LogP contribution in [0.2, 0.25) is 0 Å². The number of alkyl halides is 6. The average molecular weight is 489 g/mol. The van der Waals surface area contributed by atoms with Gasteiger partial charge in [0.2, 0.25) is 11.4 Å². The van der Waals surface area contributed by atoms with Crippen LogP contribution in [0.5, 0.6) is 5.75 Å². The van der Waals surface area contributed by atoms with E-state index in [9.17, 15) is 51.3 Å². The first kappa shape index (κ1) is 26.7. The number of phenolic OH excluding ortho intramolecular Hbond substituents is 1. The summed E-state index contributed by atoms with van der Waals surface area (Å²) < 4.78 is 93.1. The van der Waals surface area contributed by atoms with E-state index in [1.807, 2.05) is 0 Å². The third-order valence-electron chi connectivity index (χ3n) is 5.24. The number of nitrogens with one attached hydrogen (secondary N) is 1. The number of ether oxygens (including phenoxy) is 2. The van der Waals surface area contributed by atoms with Crippen LogP contribution in [-0.2, 0) is 19.1 Å². The van der Waals surface area contributed by atoms with Gasteiger partial charge in [-0.1, -0.05) is 18.2 Å². The van der Waals surface area contributed by atoms with Crippen molar-refractivity contribution >= 4 is 11.9 Å². The minimum Gasteiger partial charge on any atom is -0.508 e. The molecule has 0 spiro atoms. The predicted octanol–water partition coefficient (Wildman–Crippen LogP) is 1.94. The van der Waals surface area contributed by atoms with Crippen molar-refractivity contribution in [1.82, 2.24) is 5.32 Å².